The molecule has 3 N–H and O–H groups in total. The number of carboxylic acid groups (broad SMARTS) is 1. The summed E-state index contributed by atoms with van der Waals surface area (Å²) >= 11 is 1.16. The number of thiophene rings is 1. The zero-order valence-electron chi connectivity index (χ0n) is 10.1. The largest absolute Gasteiger partial charge is 0.478 e. The molecule has 2 aromatic heterocycles. The summed E-state index contributed by atoms with van der Waals surface area (Å²) in [5.41, 5.74) is 0.0807. The van der Waals surface area contributed by atoms with Crippen LogP contribution in [0.5, 0.6) is 0 Å². The number of carbonyl (C=O) groups excluding carboxylic acids is 1. The lowest BCUT2D eigenvalue weighted by Crippen LogP contribution is -2.29. The summed E-state index contributed by atoms with van der Waals surface area (Å²) in [6, 6.07) is 0.981. The van der Waals surface area contributed by atoms with Gasteiger partial charge in [0.05, 0.1) is 12.1 Å². The van der Waals surface area contributed by atoms with Gasteiger partial charge in [-0.2, -0.15) is 0 Å². The third kappa shape index (κ3) is 3.10. The van der Waals surface area contributed by atoms with Crippen LogP contribution in [0.1, 0.15) is 16.2 Å². The number of anilines is 1. The van der Waals surface area contributed by atoms with E-state index in [-0.39, 0.29) is 12.1 Å². The maximum Gasteiger partial charge on any atom is 0.338 e. The standard InChI is InChI=1S/C11H12N4O3S/c1-15-4-3-12-8(15)6-13-11(18)14-9-7(10(16)17)2-5-19-9/h2-5H,6H2,1H3,(H,16,17)(H2,13,14,18). The van der Waals surface area contributed by atoms with Crippen LogP contribution < -0.4 is 10.6 Å². The van der Waals surface area contributed by atoms with Crippen LogP contribution in [-0.2, 0) is 13.6 Å². The number of aromatic nitrogens is 2. The number of hydrogen-bond acceptors (Lipinski definition) is 4. The summed E-state index contributed by atoms with van der Waals surface area (Å²) in [4.78, 5) is 26.6. The molecule has 0 aromatic carbocycles. The molecule has 0 aliphatic carbocycles. The summed E-state index contributed by atoms with van der Waals surface area (Å²) in [5.74, 6) is -0.361. The van der Waals surface area contributed by atoms with Crippen molar-refractivity contribution in [1.29, 1.82) is 0 Å². The van der Waals surface area contributed by atoms with Crippen LogP contribution in [0.15, 0.2) is 23.8 Å². The number of rotatable bonds is 4. The number of aryl methyl sites for hydroxylation is 1. The van der Waals surface area contributed by atoms with Crippen molar-refractivity contribution in [3.05, 3.63) is 35.2 Å². The number of urea groups is 1. The Morgan fingerprint density at radius 2 is 2.32 bits per heavy atom. The maximum absolute atomic E-state index is 11.6. The van der Waals surface area contributed by atoms with E-state index in [9.17, 15) is 9.59 Å². The van der Waals surface area contributed by atoms with E-state index in [1.165, 1.54) is 6.07 Å². The molecule has 19 heavy (non-hydrogen) atoms. The number of imidazole rings is 1. The van der Waals surface area contributed by atoms with E-state index in [1.807, 2.05) is 7.05 Å². The van der Waals surface area contributed by atoms with Crippen LogP contribution in [0, 0.1) is 0 Å². The monoisotopic (exact) mass is 280 g/mol. The molecule has 0 aliphatic rings. The molecule has 100 valence electrons. The van der Waals surface area contributed by atoms with Crippen LogP contribution in [0.4, 0.5) is 9.80 Å². The van der Waals surface area contributed by atoms with Gasteiger partial charge in [-0.25, -0.2) is 14.6 Å². The van der Waals surface area contributed by atoms with Crippen LogP contribution >= 0.6 is 11.3 Å². The van der Waals surface area contributed by atoms with Gasteiger partial charge in [0.2, 0.25) is 0 Å². The van der Waals surface area contributed by atoms with Crippen molar-refractivity contribution in [3.8, 4) is 0 Å². The van der Waals surface area contributed by atoms with Crippen molar-refractivity contribution in [2.75, 3.05) is 5.32 Å². The molecule has 0 fully saturated rings. The molecule has 0 unspecified atom stereocenters. The number of nitrogens with zero attached hydrogens (tertiary/aromatic N) is 2. The number of amides is 2. The predicted octanol–water partition coefficient (Wildman–Crippen LogP) is 1.50. The van der Waals surface area contributed by atoms with Gasteiger partial charge in [0, 0.05) is 19.4 Å². The fourth-order valence-electron chi connectivity index (χ4n) is 1.45. The Labute approximate surface area is 112 Å². The Morgan fingerprint density at radius 1 is 1.53 bits per heavy atom. The van der Waals surface area contributed by atoms with Crippen molar-refractivity contribution in [2.24, 2.45) is 7.05 Å². The third-order valence-electron chi connectivity index (χ3n) is 2.45. The minimum atomic E-state index is -1.07. The second kappa shape index (κ2) is 5.53. The Balaban J connectivity index is 1.93. The Kier molecular flexibility index (Phi) is 3.81. The number of aromatic carboxylic acids is 1. The van der Waals surface area contributed by atoms with Gasteiger partial charge in [0.25, 0.3) is 0 Å². The smallest absolute Gasteiger partial charge is 0.338 e. The fourth-order valence-corrected chi connectivity index (χ4v) is 2.22. The lowest BCUT2D eigenvalue weighted by Gasteiger charge is -2.06. The quantitative estimate of drug-likeness (QED) is 0.790. The molecular weight excluding hydrogens is 268 g/mol. The van der Waals surface area contributed by atoms with Crippen LogP contribution in [-0.4, -0.2) is 26.7 Å². The first-order valence-electron chi connectivity index (χ1n) is 5.39. The highest BCUT2D eigenvalue weighted by atomic mass is 32.1. The van der Waals surface area contributed by atoms with Crippen molar-refractivity contribution in [2.45, 2.75) is 6.54 Å². The molecule has 2 rings (SSSR count). The van der Waals surface area contributed by atoms with E-state index in [2.05, 4.69) is 15.6 Å². The van der Waals surface area contributed by atoms with Gasteiger partial charge in [-0.15, -0.1) is 11.3 Å². The van der Waals surface area contributed by atoms with Gasteiger partial charge in [-0.1, -0.05) is 0 Å². The molecule has 0 atom stereocenters. The van der Waals surface area contributed by atoms with E-state index in [0.717, 1.165) is 11.3 Å². The molecule has 8 heteroatoms. The fraction of sp³-hybridized carbons (Fsp3) is 0.182. The molecule has 2 aromatic rings. The molecule has 0 spiro atoms. The summed E-state index contributed by atoms with van der Waals surface area (Å²) in [5, 5.41) is 15.9. The first-order chi connectivity index (χ1) is 9.08. The van der Waals surface area contributed by atoms with Gasteiger partial charge in [-0.3, -0.25) is 5.32 Å². The number of carbonyl (C=O) groups is 2. The van der Waals surface area contributed by atoms with Gasteiger partial charge < -0.3 is 15.0 Å². The van der Waals surface area contributed by atoms with Gasteiger partial charge in [0.15, 0.2) is 0 Å². The molecule has 2 amide bonds. The second-order valence-electron chi connectivity index (χ2n) is 3.73. The van der Waals surface area contributed by atoms with Crippen molar-refractivity contribution in [3.63, 3.8) is 0 Å². The molecule has 0 saturated heterocycles. The molecule has 7 nitrogen and oxygen atoms in total. The van der Waals surface area contributed by atoms with Gasteiger partial charge in [-0.05, 0) is 11.4 Å². The molecular formula is C11H12N4O3S. The Hall–Kier alpha value is -2.35. The van der Waals surface area contributed by atoms with E-state index in [0.29, 0.717) is 10.8 Å². The Bertz CT molecular complexity index is 605. The van der Waals surface area contributed by atoms with Crippen LogP contribution in [0.25, 0.3) is 0 Å². The molecule has 0 radical (unpaired) electrons. The molecule has 0 saturated carbocycles. The zero-order chi connectivity index (χ0) is 13.8. The van der Waals surface area contributed by atoms with Gasteiger partial charge in [0.1, 0.15) is 10.8 Å². The van der Waals surface area contributed by atoms with Crippen LogP contribution in [0.2, 0.25) is 0 Å². The van der Waals surface area contributed by atoms with Crippen molar-refractivity contribution >= 4 is 28.3 Å². The van der Waals surface area contributed by atoms with E-state index in [4.69, 9.17) is 5.11 Å². The lowest BCUT2D eigenvalue weighted by atomic mass is 10.3. The highest BCUT2D eigenvalue weighted by Crippen LogP contribution is 2.22. The lowest BCUT2D eigenvalue weighted by molar-refractivity contribution is 0.0698. The SMILES string of the molecule is Cn1ccnc1CNC(=O)Nc1sccc1C(=O)O. The number of hydrogen-bond donors (Lipinski definition) is 3. The highest BCUT2D eigenvalue weighted by Gasteiger charge is 2.13. The summed E-state index contributed by atoms with van der Waals surface area (Å²) in [6.07, 6.45) is 3.41. The van der Waals surface area contributed by atoms with E-state index < -0.39 is 12.0 Å². The second-order valence-corrected chi connectivity index (χ2v) is 4.65. The molecule has 0 bridgehead atoms. The van der Waals surface area contributed by atoms with E-state index >= 15 is 0 Å². The molecule has 0 aliphatic heterocycles. The van der Waals surface area contributed by atoms with Gasteiger partial charge >= 0.3 is 12.0 Å². The first kappa shape index (κ1) is 13.1. The minimum absolute atomic E-state index is 0.0807. The minimum Gasteiger partial charge on any atom is -0.478 e. The summed E-state index contributed by atoms with van der Waals surface area (Å²) in [7, 11) is 1.82. The predicted molar refractivity (Wildman–Crippen MR) is 70.3 cm³/mol. The van der Waals surface area contributed by atoms with E-state index in [1.54, 1.807) is 22.3 Å². The Morgan fingerprint density at radius 3 is 2.95 bits per heavy atom. The summed E-state index contributed by atoms with van der Waals surface area (Å²) < 4.78 is 1.79. The van der Waals surface area contributed by atoms with Crippen LogP contribution in [0.3, 0.4) is 0 Å². The third-order valence-corrected chi connectivity index (χ3v) is 3.28. The maximum atomic E-state index is 11.6. The molecule has 2 heterocycles. The number of nitrogens with one attached hydrogen (secondary N) is 2. The van der Waals surface area contributed by atoms with Crippen molar-refractivity contribution in [1.82, 2.24) is 14.9 Å². The normalized spacial score (nSPS) is 10.2. The highest BCUT2D eigenvalue weighted by molar-refractivity contribution is 7.14. The zero-order valence-corrected chi connectivity index (χ0v) is 10.9. The average Bonchev–Trinajstić information content (AvgIpc) is 2.95. The summed E-state index contributed by atoms with van der Waals surface area (Å²) in [6.45, 7) is 0.267. The van der Waals surface area contributed by atoms with Crippen molar-refractivity contribution < 1.29 is 14.7 Å². The average molecular weight is 280 g/mol. The number of carboxylic acids is 1. The first-order valence-corrected chi connectivity index (χ1v) is 6.27. The topological polar surface area (TPSA) is 96.3 Å².